The molecule has 0 unspecified atom stereocenters. The highest BCUT2D eigenvalue weighted by molar-refractivity contribution is 5.91. The molecular weight excluding hydrogens is 345 g/mol. The van der Waals surface area contributed by atoms with Crippen molar-refractivity contribution < 1.29 is 14.0 Å². The van der Waals surface area contributed by atoms with Crippen molar-refractivity contribution >= 4 is 11.9 Å². The fourth-order valence-corrected chi connectivity index (χ4v) is 3.38. The zero-order chi connectivity index (χ0) is 19.1. The summed E-state index contributed by atoms with van der Waals surface area (Å²) in [5.41, 5.74) is 0.918. The average Bonchev–Trinajstić information content (AvgIpc) is 3.16. The number of amides is 3. The Kier molecular flexibility index (Phi) is 6.06. The third-order valence-corrected chi connectivity index (χ3v) is 4.91. The third kappa shape index (κ3) is 5.06. The van der Waals surface area contributed by atoms with E-state index in [1.807, 2.05) is 30.3 Å². The van der Waals surface area contributed by atoms with Gasteiger partial charge in [-0.2, -0.15) is 0 Å². The van der Waals surface area contributed by atoms with Gasteiger partial charge < -0.3 is 16.0 Å². The fraction of sp³-hybridized carbons (Fsp3) is 0.333. The highest BCUT2D eigenvalue weighted by atomic mass is 19.1. The minimum Gasteiger partial charge on any atom is -0.350 e. The van der Waals surface area contributed by atoms with Crippen LogP contribution in [-0.4, -0.2) is 17.5 Å². The van der Waals surface area contributed by atoms with E-state index in [1.165, 1.54) is 12.1 Å². The maximum absolute atomic E-state index is 13.0. The van der Waals surface area contributed by atoms with E-state index in [0.29, 0.717) is 25.9 Å². The molecule has 2 aromatic carbocycles. The van der Waals surface area contributed by atoms with E-state index in [-0.39, 0.29) is 17.8 Å². The molecule has 3 N–H and O–H groups in total. The number of hydrogen-bond donors (Lipinski definition) is 3. The van der Waals surface area contributed by atoms with Gasteiger partial charge in [0.1, 0.15) is 11.4 Å². The van der Waals surface area contributed by atoms with Gasteiger partial charge in [-0.25, -0.2) is 9.18 Å². The second-order valence-corrected chi connectivity index (χ2v) is 6.89. The van der Waals surface area contributed by atoms with Crippen molar-refractivity contribution in [3.05, 3.63) is 71.5 Å². The van der Waals surface area contributed by atoms with Crippen molar-refractivity contribution in [2.45, 2.75) is 44.3 Å². The number of benzene rings is 2. The Morgan fingerprint density at radius 3 is 2.11 bits per heavy atom. The van der Waals surface area contributed by atoms with Crippen LogP contribution in [0.3, 0.4) is 0 Å². The highest BCUT2D eigenvalue weighted by Crippen LogP contribution is 2.30. The van der Waals surface area contributed by atoms with E-state index in [9.17, 15) is 14.0 Å². The van der Waals surface area contributed by atoms with Crippen LogP contribution in [0, 0.1) is 5.82 Å². The van der Waals surface area contributed by atoms with Crippen molar-refractivity contribution in [2.75, 3.05) is 0 Å². The zero-order valence-corrected chi connectivity index (χ0v) is 15.1. The van der Waals surface area contributed by atoms with Crippen LogP contribution >= 0.6 is 0 Å². The predicted octanol–water partition coefficient (Wildman–Crippen LogP) is 3.25. The quantitative estimate of drug-likeness (QED) is 0.731. The van der Waals surface area contributed by atoms with Crippen LogP contribution in [0.2, 0.25) is 0 Å². The molecule has 27 heavy (non-hydrogen) atoms. The molecule has 5 nitrogen and oxygen atoms in total. The van der Waals surface area contributed by atoms with Crippen molar-refractivity contribution in [1.82, 2.24) is 16.0 Å². The first-order chi connectivity index (χ1) is 13.1. The van der Waals surface area contributed by atoms with Gasteiger partial charge in [-0.1, -0.05) is 55.3 Å². The maximum Gasteiger partial charge on any atom is 0.315 e. The number of carbonyl (C=O) groups is 2. The lowest BCUT2D eigenvalue weighted by Crippen LogP contribution is -2.59. The lowest BCUT2D eigenvalue weighted by atomic mass is 9.96. The molecule has 1 aliphatic carbocycles. The molecule has 0 aromatic heterocycles. The Balaban J connectivity index is 1.56. The van der Waals surface area contributed by atoms with Gasteiger partial charge in [-0.05, 0) is 36.1 Å². The van der Waals surface area contributed by atoms with Crippen LogP contribution in [0.1, 0.15) is 36.8 Å². The normalized spacial score (nSPS) is 15.1. The summed E-state index contributed by atoms with van der Waals surface area (Å²) in [5, 5.41) is 8.58. The molecule has 3 rings (SSSR count). The molecule has 0 bridgehead atoms. The molecule has 1 fully saturated rings. The number of hydrogen-bond acceptors (Lipinski definition) is 2. The number of nitrogens with one attached hydrogen (secondary N) is 3. The second-order valence-electron chi connectivity index (χ2n) is 6.89. The SMILES string of the molecule is O=C(NCc1ccccc1)NC1(C(=O)NCc2ccc(F)cc2)CCCC1. The van der Waals surface area contributed by atoms with Crippen LogP contribution in [0.25, 0.3) is 0 Å². The molecule has 0 saturated heterocycles. The topological polar surface area (TPSA) is 70.2 Å². The van der Waals surface area contributed by atoms with E-state index in [1.54, 1.807) is 12.1 Å². The van der Waals surface area contributed by atoms with Gasteiger partial charge in [0, 0.05) is 13.1 Å². The summed E-state index contributed by atoms with van der Waals surface area (Å²) in [6, 6.07) is 15.3. The summed E-state index contributed by atoms with van der Waals surface area (Å²) >= 11 is 0. The largest absolute Gasteiger partial charge is 0.350 e. The molecule has 2 aromatic rings. The second kappa shape index (κ2) is 8.66. The molecule has 0 spiro atoms. The summed E-state index contributed by atoms with van der Waals surface area (Å²) in [7, 11) is 0. The molecule has 0 atom stereocenters. The van der Waals surface area contributed by atoms with E-state index in [0.717, 1.165) is 24.0 Å². The number of urea groups is 1. The summed E-state index contributed by atoms with van der Waals surface area (Å²) < 4.78 is 13.0. The van der Waals surface area contributed by atoms with Crippen LogP contribution in [0.15, 0.2) is 54.6 Å². The van der Waals surface area contributed by atoms with Crippen LogP contribution in [-0.2, 0) is 17.9 Å². The summed E-state index contributed by atoms with van der Waals surface area (Å²) in [5.74, 6) is -0.506. The monoisotopic (exact) mass is 369 g/mol. The molecule has 0 aliphatic heterocycles. The predicted molar refractivity (Wildman–Crippen MR) is 101 cm³/mol. The minimum absolute atomic E-state index is 0.195. The van der Waals surface area contributed by atoms with E-state index >= 15 is 0 Å². The van der Waals surface area contributed by atoms with Gasteiger partial charge in [0.05, 0.1) is 0 Å². The van der Waals surface area contributed by atoms with E-state index in [4.69, 9.17) is 0 Å². The lowest BCUT2D eigenvalue weighted by molar-refractivity contribution is -0.127. The van der Waals surface area contributed by atoms with Gasteiger partial charge in [0.15, 0.2) is 0 Å². The molecule has 0 heterocycles. The molecule has 0 radical (unpaired) electrons. The van der Waals surface area contributed by atoms with Crippen molar-refractivity contribution in [3.63, 3.8) is 0 Å². The van der Waals surface area contributed by atoms with Gasteiger partial charge in [0.25, 0.3) is 0 Å². The van der Waals surface area contributed by atoms with Crippen LogP contribution in [0.4, 0.5) is 9.18 Å². The number of carbonyl (C=O) groups excluding carboxylic acids is 2. The zero-order valence-electron chi connectivity index (χ0n) is 15.1. The number of halogens is 1. The first-order valence-electron chi connectivity index (χ1n) is 9.20. The van der Waals surface area contributed by atoms with Gasteiger partial charge in [-0.15, -0.1) is 0 Å². The van der Waals surface area contributed by atoms with Gasteiger partial charge >= 0.3 is 6.03 Å². The maximum atomic E-state index is 13.0. The lowest BCUT2D eigenvalue weighted by Gasteiger charge is -2.29. The highest BCUT2D eigenvalue weighted by Gasteiger charge is 2.42. The van der Waals surface area contributed by atoms with Gasteiger partial charge in [-0.3, -0.25) is 4.79 Å². The van der Waals surface area contributed by atoms with E-state index < -0.39 is 5.54 Å². The minimum atomic E-state index is -0.888. The van der Waals surface area contributed by atoms with Crippen LogP contribution < -0.4 is 16.0 Å². The van der Waals surface area contributed by atoms with Crippen molar-refractivity contribution in [3.8, 4) is 0 Å². The molecule has 1 aliphatic rings. The first kappa shape index (κ1) is 18.9. The van der Waals surface area contributed by atoms with E-state index in [2.05, 4.69) is 16.0 Å². The summed E-state index contributed by atoms with van der Waals surface area (Å²) in [6.45, 7) is 0.703. The Morgan fingerprint density at radius 2 is 1.44 bits per heavy atom. The Morgan fingerprint density at radius 1 is 0.852 bits per heavy atom. The Hall–Kier alpha value is -2.89. The smallest absolute Gasteiger partial charge is 0.315 e. The molecule has 3 amide bonds. The number of rotatable bonds is 6. The average molecular weight is 369 g/mol. The first-order valence-corrected chi connectivity index (χ1v) is 9.20. The molecule has 142 valence electrons. The fourth-order valence-electron chi connectivity index (χ4n) is 3.38. The Bertz CT molecular complexity index is 772. The molecule has 1 saturated carbocycles. The summed E-state index contributed by atoms with van der Waals surface area (Å²) in [4.78, 5) is 25.1. The van der Waals surface area contributed by atoms with Crippen molar-refractivity contribution in [2.24, 2.45) is 0 Å². The van der Waals surface area contributed by atoms with Crippen LogP contribution in [0.5, 0.6) is 0 Å². The summed E-state index contributed by atoms with van der Waals surface area (Å²) in [6.07, 6.45) is 3.01. The molecular formula is C21H24FN3O2. The van der Waals surface area contributed by atoms with Gasteiger partial charge in [0.2, 0.25) is 5.91 Å². The molecule has 6 heteroatoms. The standard InChI is InChI=1S/C21H24FN3O2/c22-18-10-8-17(9-11-18)14-23-19(26)21(12-4-5-13-21)25-20(27)24-15-16-6-2-1-3-7-16/h1-3,6-11H,4-5,12-15H2,(H,23,26)(H2,24,25,27). The third-order valence-electron chi connectivity index (χ3n) is 4.91. The van der Waals surface area contributed by atoms with Crippen molar-refractivity contribution in [1.29, 1.82) is 0 Å². The Labute approximate surface area is 158 Å².